The lowest BCUT2D eigenvalue weighted by atomic mass is 9.98. The van der Waals surface area contributed by atoms with E-state index in [9.17, 15) is 23.1 Å². The number of aliphatic hydroxyl groups is 1. The summed E-state index contributed by atoms with van der Waals surface area (Å²) in [6.45, 7) is 0.381. The first kappa shape index (κ1) is 22.5. The molecule has 35 heavy (non-hydrogen) atoms. The molecule has 5 rings (SSSR count). The highest BCUT2D eigenvalue weighted by Crippen LogP contribution is 2.35. The van der Waals surface area contributed by atoms with E-state index in [1.54, 1.807) is 31.3 Å². The molecule has 0 spiro atoms. The summed E-state index contributed by atoms with van der Waals surface area (Å²) in [5, 5.41) is 22.5. The highest BCUT2D eigenvalue weighted by molar-refractivity contribution is 5.87. The summed E-state index contributed by atoms with van der Waals surface area (Å²) in [5.74, 6) is -0.547. The molecule has 0 saturated carbocycles. The number of likely N-dealkylation sites (N-methyl/N-ethyl adjacent to an activating group) is 1. The number of halogens is 3. The van der Waals surface area contributed by atoms with E-state index in [2.05, 4.69) is 30.5 Å². The Hall–Kier alpha value is -4.33. The minimum atomic E-state index is -4.63. The van der Waals surface area contributed by atoms with Gasteiger partial charge in [-0.25, -0.2) is 15.0 Å². The Balaban J connectivity index is 1.41. The molecule has 1 saturated heterocycles. The fourth-order valence-electron chi connectivity index (χ4n) is 3.67. The quantitative estimate of drug-likeness (QED) is 0.387. The molecule has 0 aromatic carbocycles. The number of aromatic nitrogens is 6. The summed E-state index contributed by atoms with van der Waals surface area (Å²) >= 11 is 0. The number of aromatic amines is 1. The zero-order valence-electron chi connectivity index (χ0n) is 18.0. The summed E-state index contributed by atoms with van der Waals surface area (Å²) < 4.78 is 44.5. The molecule has 0 bridgehead atoms. The van der Waals surface area contributed by atoms with Crippen LogP contribution in [0.1, 0.15) is 17.9 Å². The van der Waals surface area contributed by atoms with Gasteiger partial charge >= 0.3 is 6.18 Å². The number of pyridine rings is 1. The summed E-state index contributed by atoms with van der Waals surface area (Å²) in [6.07, 6.45) is -2.10. The van der Waals surface area contributed by atoms with Crippen molar-refractivity contribution >= 4 is 17.5 Å². The molecule has 1 aliphatic heterocycles. The van der Waals surface area contributed by atoms with Crippen molar-refractivity contribution in [3.8, 4) is 22.8 Å². The lowest BCUT2D eigenvalue weighted by molar-refractivity contribution is -0.144. The number of amides is 1. The summed E-state index contributed by atoms with van der Waals surface area (Å²) in [4.78, 5) is 26.4. The molecule has 0 unspecified atom stereocenters. The number of anilines is 2. The van der Waals surface area contributed by atoms with Gasteiger partial charge in [0.25, 0.3) is 5.91 Å². The van der Waals surface area contributed by atoms with Crippen LogP contribution in [0.4, 0.5) is 24.8 Å². The molecule has 0 aliphatic carbocycles. The Kier molecular flexibility index (Phi) is 5.24. The largest absolute Gasteiger partial charge is 0.434 e. The average molecular weight is 486 g/mol. The van der Waals surface area contributed by atoms with E-state index in [0.29, 0.717) is 29.3 Å². The van der Waals surface area contributed by atoms with Gasteiger partial charge in [0, 0.05) is 32.3 Å². The number of hydrogen-bond donors (Lipinski definition) is 3. The number of likely N-dealkylation sites (tertiary alicyclic amines) is 1. The first-order valence-electron chi connectivity index (χ1n) is 10.3. The zero-order valence-corrected chi connectivity index (χ0v) is 18.0. The molecular weight excluding hydrogens is 469 g/mol. The third-order valence-electron chi connectivity index (χ3n) is 5.53. The van der Waals surface area contributed by atoms with Crippen LogP contribution in [-0.4, -0.2) is 59.8 Å². The first-order chi connectivity index (χ1) is 16.6. The Bertz CT molecular complexity index is 1400. The molecule has 1 fully saturated rings. The van der Waals surface area contributed by atoms with Gasteiger partial charge in [0.05, 0.1) is 29.0 Å². The van der Waals surface area contributed by atoms with Crippen molar-refractivity contribution in [1.82, 2.24) is 35.2 Å². The van der Waals surface area contributed by atoms with Gasteiger partial charge in [-0.15, -0.1) is 0 Å². The van der Waals surface area contributed by atoms with Crippen molar-refractivity contribution in [2.24, 2.45) is 0 Å². The van der Waals surface area contributed by atoms with Crippen LogP contribution in [0, 0.1) is 0 Å². The topological polar surface area (TPSA) is 146 Å². The Morgan fingerprint density at radius 2 is 1.91 bits per heavy atom. The van der Waals surface area contributed by atoms with E-state index in [0.717, 1.165) is 6.20 Å². The SMILES string of the molecule is CN1CC[C@@](O)(c2cc(-c3cccc(-c4ccnc(Nc5cn[nH]c5C(F)(F)F)n4)n3)no2)C1=O. The number of nitrogens with zero attached hydrogens (tertiary/aromatic N) is 6. The van der Waals surface area contributed by atoms with Gasteiger partial charge in [-0.05, 0) is 18.2 Å². The molecule has 14 heteroatoms. The van der Waals surface area contributed by atoms with E-state index < -0.39 is 23.4 Å². The normalized spacial score (nSPS) is 18.3. The van der Waals surface area contributed by atoms with Gasteiger partial charge in [0.2, 0.25) is 11.5 Å². The molecule has 1 aliphatic rings. The third kappa shape index (κ3) is 4.07. The van der Waals surface area contributed by atoms with Crippen LogP contribution in [0.2, 0.25) is 0 Å². The second-order valence-corrected chi connectivity index (χ2v) is 7.87. The number of rotatable bonds is 5. The lowest BCUT2D eigenvalue weighted by Crippen LogP contribution is -2.35. The highest BCUT2D eigenvalue weighted by atomic mass is 19.4. The summed E-state index contributed by atoms with van der Waals surface area (Å²) in [7, 11) is 1.59. The van der Waals surface area contributed by atoms with E-state index in [4.69, 9.17) is 4.52 Å². The van der Waals surface area contributed by atoms with Gasteiger partial charge in [-0.2, -0.15) is 18.3 Å². The number of carbonyl (C=O) groups excluding carboxylic acids is 1. The van der Waals surface area contributed by atoms with E-state index in [1.807, 2.05) is 5.10 Å². The Labute approximate surface area is 195 Å². The maximum absolute atomic E-state index is 13.1. The lowest BCUT2D eigenvalue weighted by Gasteiger charge is -2.16. The van der Waals surface area contributed by atoms with Gasteiger partial charge in [0.15, 0.2) is 11.5 Å². The minimum Gasteiger partial charge on any atom is -0.373 e. The Morgan fingerprint density at radius 3 is 2.63 bits per heavy atom. The number of hydrogen-bond acceptors (Lipinski definition) is 9. The Morgan fingerprint density at radius 1 is 1.17 bits per heavy atom. The number of nitrogens with one attached hydrogen (secondary N) is 2. The van der Waals surface area contributed by atoms with Crippen molar-refractivity contribution in [2.75, 3.05) is 18.9 Å². The van der Waals surface area contributed by atoms with Crippen LogP contribution < -0.4 is 5.32 Å². The van der Waals surface area contributed by atoms with Crippen LogP contribution in [0.25, 0.3) is 22.8 Å². The molecule has 11 nitrogen and oxygen atoms in total. The van der Waals surface area contributed by atoms with Gasteiger partial charge < -0.3 is 19.8 Å². The van der Waals surface area contributed by atoms with Crippen molar-refractivity contribution in [1.29, 1.82) is 0 Å². The summed E-state index contributed by atoms with van der Waals surface area (Å²) in [5.41, 5.74) is -1.78. The van der Waals surface area contributed by atoms with Crippen molar-refractivity contribution < 1.29 is 27.6 Å². The molecule has 180 valence electrons. The van der Waals surface area contributed by atoms with E-state index in [-0.39, 0.29) is 23.8 Å². The van der Waals surface area contributed by atoms with Crippen LogP contribution in [-0.2, 0) is 16.6 Å². The van der Waals surface area contributed by atoms with Gasteiger partial charge in [0.1, 0.15) is 5.69 Å². The molecular formula is C21H17F3N8O3. The summed E-state index contributed by atoms with van der Waals surface area (Å²) in [6, 6.07) is 7.98. The predicted octanol–water partition coefficient (Wildman–Crippen LogP) is 2.73. The number of carbonyl (C=O) groups is 1. The average Bonchev–Trinajstić information content (AvgIpc) is 3.57. The highest BCUT2D eigenvalue weighted by Gasteiger charge is 2.48. The fourth-order valence-corrected chi connectivity index (χ4v) is 3.67. The first-order valence-corrected chi connectivity index (χ1v) is 10.3. The molecule has 5 heterocycles. The number of alkyl halides is 3. The molecule has 4 aromatic rings. The maximum Gasteiger partial charge on any atom is 0.434 e. The zero-order chi connectivity index (χ0) is 24.8. The van der Waals surface area contributed by atoms with Crippen molar-refractivity contribution in [3.05, 3.63) is 54.2 Å². The van der Waals surface area contributed by atoms with Crippen molar-refractivity contribution in [2.45, 2.75) is 18.2 Å². The second kappa shape index (κ2) is 8.16. The number of H-pyrrole nitrogens is 1. The van der Waals surface area contributed by atoms with Crippen LogP contribution in [0.5, 0.6) is 0 Å². The van der Waals surface area contributed by atoms with Crippen LogP contribution in [0.15, 0.2) is 47.2 Å². The van der Waals surface area contributed by atoms with E-state index in [1.165, 1.54) is 17.2 Å². The van der Waals surface area contributed by atoms with Crippen LogP contribution in [0.3, 0.4) is 0 Å². The smallest absolute Gasteiger partial charge is 0.373 e. The molecule has 0 radical (unpaired) electrons. The van der Waals surface area contributed by atoms with E-state index >= 15 is 0 Å². The molecule has 1 atom stereocenters. The van der Waals surface area contributed by atoms with Crippen LogP contribution >= 0.6 is 0 Å². The minimum absolute atomic E-state index is 0.0168. The maximum atomic E-state index is 13.1. The standard InChI is InChI=1S/C21H17F3N8O3/c1-32-8-6-20(34,18(32)33)16-9-14(31-35-16)12-4-2-3-11(27-12)13-5-7-25-19(28-13)29-15-10-26-30-17(15)21(22,23)24/h2-5,7,9-10,34H,6,8H2,1H3,(H,26,30)(H,25,28,29)/t20-/m1/s1. The fraction of sp³-hybridized carbons (Fsp3) is 0.238. The van der Waals surface area contributed by atoms with Gasteiger partial charge in [-0.1, -0.05) is 11.2 Å². The molecule has 4 aromatic heterocycles. The monoisotopic (exact) mass is 486 g/mol. The van der Waals surface area contributed by atoms with Gasteiger partial charge in [-0.3, -0.25) is 9.89 Å². The second-order valence-electron chi connectivity index (χ2n) is 7.87. The van der Waals surface area contributed by atoms with Crippen molar-refractivity contribution in [3.63, 3.8) is 0 Å². The molecule has 3 N–H and O–H groups in total. The third-order valence-corrected chi connectivity index (χ3v) is 5.53. The predicted molar refractivity (Wildman–Crippen MR) is 114 cm³/mol. The molecule has 1 amide bonds.